The smallest absolute Gasteiger partial charge is 0.269 e. The summed E-state index contributed by atoms with van der Waals surface area (Å²) in [5.41, 5.74) is 4.87. The first kappa shape index (κ1) is 18.2. The molecule has 8 heteroatoms. The number of hydrogen-bond acceptors (Lipinski definition) is 5. The van der Waals surface area contributed by atoms with Gasteiger partial charge in [0.2, 0.25) is 0 Å². The summed E-state index contributed by atoms with van der Waals surface area (Å²) in [6, 6.07) is 5.45. The summed E-state index contributed by atoms with van der Waals surface area (Å²) in [6.07, 6.45) is 0. The average Bonchev–Trinajstić information content (AvgIpc) is 2.44. The van der Waals surface area contributed by atoms with E-state index in [0.717, 1.165) is 18.2 Å². The van der Waals surface area contributed by atoms with Gasteiger partial charge >= 0.3 is 0 Å². The number of benzene rings is 1. The number of non-ortho nitro benzene ring substituents is 1. The zero-order valence-corrected chi connectivity index (χ0v) is 13.8. The van der Waals surface area contributed by atoms with Gasteiger partial charge in [-0.1, -0.05) is 10.7 Å². The number of nitrogens with two attached hydrogens (primary N) is 1. The fourth-order valence-corrected chi connectivity index (χ4v) is 3.73. The molecule has 1 aromatic rings. The normalized spacial score (nSPS) is 15.9. The van der Waals surface area contributed by atoms with E-state index in [1.54, 1.807) is 27.8 Å². The number of nitriles is 1. The molecular weight excluding hydrogens is 307 g/mol. The van der Waals surface area contributed by atoms with E-state index < -0.39 is 31.7 Å². The molecule has 0 radical (unpaired) electrons. The molecule has 0 spiro atoms. The van der Waals surface area contributed by atoms with Crippen LogP contribution in [0.3, 0.4) is 0 Å². The zero-order chi connectivity index (χ0) is 17.1. The Labute approximate surface area is 131 Å². The highest BCUT2D eigenvalue weighted by Gasteiger charge is 2.33. The third-order valence-corrected chi connectivity index (χ3v) is 5.87. The van der Waals surface area contributed by atoms with Crippen molar-refractivity contribution >= 4 is 16.4 Å². The summed E-state index contributed by atoms with van der Waals surface area (Å²) in [5.74, 6) is -0.382. The Bertz CT molecular complexity index is 665. The summed E-state index contributed by atoms with van der Waals surface area (Å²) in [4.78, 5) is 10.3. The lowest BCUT2D eigenvalue weighted by Gasteiger charge is -2.30. The van der Waals surface area contributed by atoms with Crippen LogP contribution in [0.15, 0.2) is 22.6 Å². The minimum absolute atomic E-state index is 0.0524. The Morgan fingerprint density at radius 3 is 2.55 bits per heavy atom. The van der Waals surface area contributed by atoms with Crippen LogP contribution < -0.4 is 5.73 Å². The second-order valence-electron chi connectivity index (χ2n) is 5.65. The van der Waals surface area contributed by atoms with Crippen molar-refractivity contribution in [3.63, 3.8) is 0 Å². The van der Waals surface area contributed by atoms with Crippen molar-refractivity contribution in [3.8, 4) is 6.07 Å². The molecule has 0 amide bonds. The Morgan fingerprint density at radius 2 is 2.09 bits per heavy atom. The van der Waals surface area contributed by atoms with Gasteiger partial charge in [-0.05, 0) is 26.8 Å². The third-order valence-electron chi connectivity index (χ3n) is 3.29. The maximum absolute atomic E-state index is 14.1. The van der Waals surface area contributed by atoms with Crippen molar-refractivity contribution in [3.05, 3.63) is 39.7 Å². The van der Waals surface area contributed by atoms with Gasteiger partial charge < -0.3 is 5.73 Å². The largest absolute Gasteiger partial charge is 0.321 e. The summed E-state index contributed by atoms with van der Waals surface area (Å²) in [7, 11) is 0.850. The van der Waals surface area contributed by atoms with E-state index in [1.807, 2.05) is 0 Å². The lowest BCUT2D eigenvalue weighted by molar-refractivity contribution is -0.385. The first-order valence-corrected chi connectivity index (χ1v) is 7.85. The molecule has 0 aliphatic rings. The molecule has 1 aromatic carbocycles. The van der Waals surface area contributed by atoms with Gasteiger partial charge in [0.1, 0.15) is 10.6 Å². The van der Waals surface area contributed by atoms with Crippen molar-refractivity contribution in [2.75, 3.05) is 12.8 Å². The van der Waals surface area contributed by atoms with Crippen LogP contribution in [0.25, 0.3) is 0 Å². The number of hydrogen-bond donors (Lipinski definition) is 1. The lowest BCUT2D eigenvalue weighted by Crippen LogP contribution is -2.43. The highest BCUT2D eigenvalue weighted by molar-refractivity contribution is 7.89. The molecule has 1 rings (SSSR count). The van der Waals surface area contributed by atoms with E-state index in [1.165, 1.54) is 0 Å². The van der Waals surface area contributed by atoms with Crippen molar-refractivity contribution in [1.82, 2.24) is 0 Å². The fraction of sp³-hybridized carbons (Fsp3) is 0.500. The Balaban J connectivity index is 3.28. The van der Waals surface area contributed by atoms with Crippen LogP contribution in [0.4, 0.5) is 10.1 Å². The van der Waals surface area contributed by atoms with Gasteiger partial charge in [-0.15, -0.1) is 0 Å². The Kier molecular flexibility index (Phi) is 5.38. The van der Waals surface area contributed by atoms with Gasteiger partial charge in [-0.3, -0.25) is 14.5 Å². The maximum Gasteiger partial charge on any atom is 0.269 e. The second kappa shape index (κ2) is 6.50. The molecule has 0 aliphatic carbocycles. The summed E-state index contributed by atoms with van der Waals surface area (Å²) >= 11 is 0. The quantitative estimate of drug-likeness (QED) is 0.663. The lowest BCUT2D eigenvalue weighted by atomic mass is 9.94. The van der Waals surface area contributed by atoms with Gasteiger partial charge in [-0.2, -0.15) is 5.26 Å². The van der Waals surface area contributed by atoms with E-state index in [2.05, 4.69) is 10.4 Å². The molecular formula is C14H19FN4O2S. The highest BCUT2D eigenvalue weighted by atomic mass is 32.2. The molecule has 6 nitrogen and oxygen atoms in total. The van der Waals surface area contributed by atoms with E-state index in [9.17, 15) is 19.8 Å². The SMILES string of the molecule is CN=S(C[C@](C)(N)c1cc([N+](=O)[O-])ccc1F)C(C)(C)C#N. The van der Waals surface area contributed by atoms with Gasteiger partial charge in [0.25, 0.3) is 5.69 Å². The minimum atomic E-state index is -1.17. The van der Waals surface area contributed by atoms with Crippen LogP contribution in [0.1, 0.15) is 26.3 Å². The average molecular weight is 326 g/mol. The standard InChI is InChI=1S/C14H19FN4O2S/c1-13(2,8-16)22(18-4)9-14(3,17)11-7-10(19(20)21)5-6-12(11)15/h5-7H,9,17H2,1-4H3/t14-,22?/m0/s1. The summed E-state index contributed by atoms with van der Waals surface area (Å²) in [6.45, 7) is 5.07. The van der Waals surface area contributed by atoms with Crippen LogP contribution in [-0.4, -0.2) is 22.5 Å². The molecule has 0 heterocycles. The van der Waals surface area contributed by atoms with E-state index >= 15 is 0 Å². The van der Waals surface area contributed by atoms with Crippen LogP contribution in [0.5, 0.6) is 0 Å². The van der Waals surface area contributed by atoms with E-state index in [-0.39, 0.29) is 17.0 Å². The van der Waals surface area contributed by atoms with Crippen LogP contribution in [0, 0.1) is 27.3 Å². The number of rotatable bonds is 5. The Morgan fingerprint density at radius 1 is 1.50 bits per heavy atom. The van der Waals surface area contributed by atoms with E-state index in [4.69, 9.17) is 5.73 Å². The van der Waals surface area contributed by atoms with Crippen molar-refractivity contribution in [1.29, 1.82) is 5.26 Å². The number of nitro groups is 1. The maximum atomic E-state index is 14.1. The van der Waals surface area contributed by atoms with Gasteiger partial charge in [-0.25, -0.2) is 4.39 Å². The number of nitrogens with zero attached hydrogens (tertiary/aromatic N) is 3. The van der Waals surface area contributed by atoms with Crippen molar-refractivity contribution in [2.24, 2.45) is 10.1 Å². The topological polar surface area (TPSA) is 105 Å². The molecule has 1 unspecified atom stereocenters. The van der Waals surface area contributed by atoms with Crippen LogP contribution >= 0.6 is 0 Å². The predicted molar refractivity (Wildman–Crippen MR) is 84.9 cm³/mol. The molecule has 0 saturated carbocycles. The molecule has 120 valence electrons. The molecule has 0 fully saturated rings. The minimum Gasteiger partial charge on any atom is -0.321 e. The third kappa shape index (κ3) is 3.87. The predicted octanol–water partition coefficient (Wildman–Crippen LogP) is 2.64. The van der Waals surface area contributed by atoms with Crippen LogP contribution in [0.2, 0.25) is 0 Å². The van der Waals surface area contributed by atoms with Gasteiger partial charge in [0.05, 0.1) is 16.5 Å². The fourth-order valence-electron chi connectivity index (χ4n) is 1.95. The first-order valence-electron chi connectivity index (χ1n) is 6.50. The number of halogens is 1. The molecule has 0 bridgehead atoms. The molecule has 0 saturated heterocycles. The molecule has 0 aromatic heterocycles. The molecule has 2 atom stereocenters. The van der Waals surface area contributed by atoms with Crippen molar-refractivity contribution in [2.45, 2.75) is 31.1 Å². The Hall–Kier alpha value is -1.85. The highest BCUT2D eigenvalue weighted by Crippen LogP contribution is 2.29. The molecule has 0 aliphatic heterocycles. The number of nitro benzene ring substituents is 1. The first-order chi connectivity index (χ1) is 10.0. The molecule has 22 heavy (non-hydrogen) atoms. The summed E-state index contributed by atoms with van der Waals surface area (Å²) in [5, 5.41) is 20.1. The van der Waals surface area contributed by atoms with Crippen molar-refractivity contribution < 1.29 is 9.31 Å². The second-order valence-corrected chi connectivity index (χ2v) is 8.06. The van der Waals surface area contributed by atoms with Gasteiger partial charge in [0.15, 0.2) is 0 Å². The van der Waals surface area contributed by atoms with Gasteiger partial charge in [0, 0.05) is 30.5 Å². The monoisotopic (exact) mass is 326 g/mol. The van der Waals surface area contributed by atoms with Crippen LogP contribution in [-0.2, 0) is 16.2 Å². The van der Waals surface area contributed by atoms with E-state index in [0.29, 0.717) is 0 Å². The molecule has 2 N–H and O–H groups in total. The summed E-state index contributed by atoms with van der Waals surface area (Å²) < 4.78 is 17.5. The zero-order valence-electron chi connectivity index (χ0n) is 13.0.